The zero-order chi connectivity index (χ0) is 10.8. The van der Waals surface area contributed by atoms with Gasteiger partial charge in [0.2, 0.25) is 5.91 Å². The molecule has 1 aromatic heterocycles. The van der Waals surface area contributed by atoms with Gasteiger partial charge in [-0.2, -0.15) is 0 Å². The first-order valence-corrected chi connectivity index (χ1v) is 6.08. The standard InChI is InChI=1S/C10H14BrNOS/c1-10(2,3)9(13)12-6-8-7(11)4-5-14-8/h4-5H,6H2,1-3H3,(H,12,13). The van der Waals surface area contributed by atoms with Crippen molar-refractivity contribution in [1.82, 2.24) is 5.32 Å². The van der Waals surface area contributed by atoms with Gasteiger partial charge >= 0.3 is 0 Å². The van der Waals surface area contributed by atoms with Crippen molar-refractivity contribution in [2.24, 2.45) is 5.41 Å². The molecule has 0 spiro atoms. The van der Waals surface area contributed by atoms with E-state index in [4.69, 9.17) is 0 Å². The molecule has 0 aliphatic carbocycles. The van der Waals surface area contributed by atoms with E-state index in [2.05, 4.69) is 21.2 Å². The highest BCUT2D eigenvalue weighted by Gasteiger charge is 2.20. The maximum atomic E-state index is 11.5. The topological polar surface area (TPSA) is 29.1 Å². The van der Waals surface area contributed by atoms with Crippen LogP contribution < -0.4 is 5.32 Å². The maximum absolute atomic E-state index is 11.5. The molecule has 0 unspecified atom stereocenters. The summed E-state index contributed by atoms with van der Waals surface area (Å²) in [5.74, 6) is 0.0813. The lowest BCUT2D eigenvalue weighted by atomic mass is 9.96. The first-order valence-electron chi connectivity index (χ1n) is 4.41. The van der Waals surface area contributed by atoms with Crippen molar-refractivity contribution in [3.05, 3.63) is 20.8 Å². The van der Waals surface area contributed by atoms with Crippen molar-refractivity contribution in [3.8, 4) is 0 Å². The fourth-order valence-electron chi connectivity index (χ4n) is 0.877. The fourth-order valence-corrected chi connectivity index (χ4v) is 2.31. The van der Waals surface area contributed by atoms with Crippen molar-refractivity contribution in [1.29, 1.82) is 0 Å². The first-order chi connectivity index (χ1) is 6.41. The van der Waals surface area contributed by atoms with Crippen LogP contribution >= 0.6 is 27.3 Å². The third-order valence-corrected chi connectivity index (χ3v) is 3.71. The van der Waals surface area contributed by atoms with Gasteiger partial charge in [-0.1, -0.05) is 20.8 Å². The summed E-state index contributed by atoms with van der Waals surface area (Å²) in [5, 5.41) is 4.91. The summed E-state index contributed by atoms with van der Waals surface area (Å²) in [7, 11) is 0. The van der Waals surface area contributed by atoms with Crippen LogP contribution in [0, 0.1) is 5.41 Å². The molecule has 1 amide bonds. The molecular formula is C10H14BrNOS. The molecule has 1 heterocycles. The van der Waals surface area contributed by atoms with Gasteiger partial charge in [-0.3, -0.25) is 4.79 Å². The van der Waals surface area contributed by atoms with Crippen LogP contribution in [-0.2, 0) is 11.3 Å². The number of amides is 1. The molecule has 1 N–H and O–H groups in total. The number of hydrogen-bond acceptors (Lipinski definition) is 2. The van der Waals surface area contributed by atoms with Gasteiger partial charge in [-0.15, -0.1) is 11.3 Å². The Bertz CT molecular complexity index is 327. The van der Waals surface area contributed by atoms with E-state index < -0.39 is 0 Å². The molecule has 78 valence electrons. The third-order valence-electron chi connectivity index (χ3n) is 1.78. The van der Waals surface area contributed by atoms with E-state index in [9.17, 15) is 4.79 Å². The second kappa shape index (κ2) is 4.45. The van der Waals surface area contributed by atoms with Crippen molar-refractivity contribution in [3.63, 3.8) is 0 Å². The maximum Gasteiger partial charge on any atom is 0.225 e. The predicted octanol–water partition coefficient (Wildman–Crippen LogP) is 3.17. The van der Waals surface area contributed by atoms with E-state index in [-0.39, 0.29) is 11.3 Å². The van der Waals surface area contributed by atoms with Gasteiger partial charge in [0.1, 0.15) is 0 Å². The van der Waals surface area contributed by atoms with Gasteiger partial charge in [0.05, 0.1) is 6.54 Å². The van der Waals surface area contributed by atoms with E-state index in [0.29, 0.717) is 6.54 Å². The van der Waals surface area contributed by atoms with E-state index in [1.54, 1.807) is 11.3 Å². The van der Waals surface area contributed by atoms with Crippen molar-refractivity contribution < 1.29 is 4.79 Å². The predicted molar refractivity (Wildman–Crippen MR) is 63.3 cm³/mol. The summed E-state index contributed by atoms with van der Waals surface area (Å²) in [5.41, 5.74) is -0.316. The quantitative estimate of drug-likeness (QED) is 0.883. The second-order valence-corrected chi connectivity index (χ2v) is 5.98. The molecule has 0 radical (unpaired) electrons. The van der Waals surface area contributed by atoms with Gasteiger partial charge in [0.25, 0.3) is 0 Å². The number of carbonyl (C=O) groups is 1. The Kier molecular flexibility index (Phi) is 3.72. The van der Waals surface area contributed by atoms with Crippen LogP contribution in [0.25, 0.3) is 0 Å². The molecule has 0 saturated heterocycles. The largest absolute Gasteiger partial charge is 0.351 e. The van der Waals surface area contributed by atoms with Crippen LogP contribution in [0.5, 0.6) is 0 Å². The fraction of sp³-hybridized carbons (Fsp3) is 0.500. The molecule has 1 rings (SSSR count). The Labute approximate surface area is 96.8 Å². The van der Waals surface area contributed by atoms with Crippen molar-refractivity contribution in [2.75, 3.05) is 0 Å². The molecule has 0 atom stereocenters. The number of halogens is 1. The Hall–Kier alpha value is -0.350. The van der Waals surface area contributed by atoms with Crippen LogP contribution in [0.15, 0.2) is 15.9 Å². The molecule has 0 aliphatic rings. The lowest BCUT2D eigenvalue weighted by molar-refractivity contribution is -0.128. The molecule has 0 fully saturated rings. The second-order valence-electron chi connectivity index (χ2n) is 4.12. The zero-order valence-corrected chi connectivity index (χ0v) is 11.0. The van der Waals surface area contributed by atoms with Crippen LogP contribution in [0.3, 0.4) is 0 Å². The molecule has 4 heteroatoms. The highest BCUT2D eigenvalue weighted by atomic mass is 79.9. The summed E-state index contributed by atoms with van der Waals surface area (Å²) < 4.78 is 1.07. The minimum absolute atomic E-state index is 0.0813. The van der Waals surface area contributed by atoms with E-state index in [0.717, 1.165) is 9.35 Å². The highest BCUT2D eigenvalue weighted by Crippen LogP contribution is 2.22. The molecule has 0 aliphatic heterocycles. The van der Waals surface area contributed by atoms with E-state index in [1.165, 1.54) is 0 Å². The minimum Gasteiger partial charge on any atom is -0.351 e. The van der Waals surface area contributed by atoms with Crippen LogP contribution in [0.4, 0.5) is 0 Å². The Morgan fingerprint density at radius 1 is 1.57 bits per heavy atom. The average molecular weight is 276 g/mol. The van der Waals surface area contributed by atoms with E-state index >= 15 is 0 Å². The average Bonchev–Trinajstić information content (AvgIpc) is 2.45. The molecule has 0 saturated carbocycles. The zero-order valence-electron chi connectivity index (χ0n) is 8.56. The lowest BCUT2D eigenvalue weighted by Crippen LogP contribution is -2.34. The number of carbonyl (C=O) groups excluding carboxylic acids is 1. The van der Waals surface area contributed by atoms with Gasteiger partial charge < -0.3 is 5.32 Å². The number of hydrogen-bond donors (Lipinski definition) is 1. The number of rotatable bonds is 2. The smallest absolute Gasteiger partial charge is 0.225 e. The number of thiophene rings is 1. The summed E-state index contributed by atoms with van der Waals surface area (Å²) in [6.45, 7) is 6.33. The lowest BCUT2D eigenvalue weighted by Gasteiger charge is -2.17. The first kappa shape index (κ1) is 11.7. The third kappa shape index (κ3) is 3.10. The van der Waals surface area contributed by atoms with Crippen LogP contribution in [-0.4, -0.2) is 5.91 Å². The molecule has 1 aromatic rings. The Morgan fingerprint density at radius 2 is 2.21 bits per heavy atom. The summed E-state index contributed by atoms with van der Waals surface area (Å²) in [6, 6.07) is 1.99. The normalized spacial score (nSPS) is 11.4. The van der Waals surface area contributed by atoms with Gasteiger partial charge in [-0.05, 0) is 27.4 Å². The molecule has 0 aromatic carbocycles. The van der Waals surface area contributed by atoms with Gasteiger partial charge in [0.15, 0.2) is 0 Å². The summed E-state index contributed by atoms with van der Waals surface area (Å²) >= 11 is 5.07. The Morgan fingerprint density at radius 3 is 2.64 bits per heavy atom. The van der Waals surface area contributed by atoms with Crippen molar-refractivity contribution >= 4 is 33.2 Å². The Balaban J connectivity index is 2.50. The summed E-state index contributed by atoms with van der Waals surface area (Å²) in [6.07, 6.45) is 0. The van der Waals surface area contributed by atoms with Gasteiger partial charge in [0, 0.05) is 14.8 Å². The highest BCUT2D eigenvalue weighted by molar-refractivity contribution is 9.10. The van der Waals surface area contributed by atoms with Crippen LogP contribution in [0.2, 0.25) is 0 Å². The van der Waals surface area contributed by atoms with Crippen LogP contribution in [0.1, 0.15) is 25.6 Å². The molecule has 14 heavy (non-hydrogen) atoms. The molecular weight excluding hydrogens is 262 g/mol. The minimum atomic E-state index is -0.316. The van der Waals surface area contributed by atoms with Crippen molar-refractivity contribution in [2.45, 2.75) is 27.3 Å². The van der Waals surface area contributed by atoms with E-state index in [1.807, 2.05) is 32.2 Å². The summed E-state index contributed by atoms with van der Waals surface area (Å²) in [4.78, 5) is 12.7. The van der Waals surface area contributed by atoms with Gasteiger partial charge in [-0.25, -0.2) is 0 Å². The molecule has 2 nitrogen and oxygen atoms in total. The SMILES string of the molecule is CC(C)(C)C(=O)NCc1sccc1Br. The number of nitrogens with one attached hydrogen (secondary N) is 1. The molecule has 0 bridgehead atoms. The monoisotopic (exact) mass is 275 g/mol.